The lowest BCUT2D eigenvalue weighted by atomic mass is 10.2. The number of esters is 1. The highest BCUT2D eigenvalue weighted by Crippen LogP contribution is 2.14. The molecule has 1 aromatic heterocycles. The van der Waals surface area contributed by atoms with Crippen molar-refractivity contribution in [2.45, 2.75) is 13.0 Å². The predicted octanol–water partition coefficient (Wildman–Crippen LogP) is 2.21. The Labute approximate surface area is 131 Å². The highest BCUT2D eigenvalue weighted by atomic mass is 35.5. The Balaban J connectivity index is 1.99. The highest BCUT2D eigenvalue weighted by Gasteiger charge is 2.20. The molecular formula is C15H13ClN2O4. The highest BCUT2D eigenvalue weighted by molar-refractivity contribution is 6.30. The van der Waals surface area contributed by atoms with E-state index in [1.807, 2.05) is 0 Å². The van der Waals surface area contributed by atoms with Gasteiger partial charge in [0, 0.05) is 16.9 Å². The molecule has 2 N–H and O–H groups in total. The first-order chi connectivity index (χ1) is 10.5. The summed E-state index contributed by atoms with van der Waals surface area (Å²) in [7, 11) is 0. The lowest BCUT2D eigenvalue weighted by Crippen LogP contribution is -2.31. The molecule has 22 heavy (non-hydrogen) atoms. The zero-order valence-corrected chi connectivity index (χ0v) is 12.4. The summed E-state index contributed by atoms with van der Waals surface area (Å²) in [6.45, 7) is 1.42. The molecule has 1 heterocycles. The fraction of sp³-hybridized carbons (Fsp3) is 0.133. The Hall–Kier alpha value is -2.60. The van der Waals surface area contributed by atoms with E-state index in [9.17, 15) is 14.4 Å². The van der Waals surface area contributed by atoms with Crippen LogP contribution in [0.25, 0.3) is 0 Å². The molecule has 0 saturated carbocycles. The van der Waals surface area contributed by atoms with Crippen molar-refractivity contribution < 1.29 is 14.3 Å². The number of carbonyl (C=O) groups excluding carboxylic acids is 2. The van der Waals surface area contributed by atoms with Crippen LogP contribution in [-0.4, -0.2) is 23.0 Å². The topological polar surface area (TPSA) is 88.3 Å². The Kier molecular flexibility index (Phi) is 4.95. The Morgan fingerprint density at radius 1 is 1.23 bits per heavy atom. The number of aromatic amines is 1. The van der Waals surface area contributed by atoms with Gasteiger partial charge in [0.1, 0.15) is 5.56 Å². The first-order valence-corrected chi connectivity index (χ1v) is 6.80. The summed E-state index contributed by atoms with van der Waals surface area (Å²) in [4.78, 5) is 37.6. The van der Waals surface area contributed by atoms with Crippen molar-refractivity contribution in [3.05, 3.63) is 63.5 Å². The van der Waals surface area contributed by atoms with E-state index in [0.717, 1.165) is 0 Å². The van der Waals surface area contributed by atoms with Crippen molar-refractivity contribution >= 4 is 29.2 Å². The number of hydrogen-bond acceptors (Lipinski definition) is 4. The third kappa shape index (κ3) is 3.95. The molecule has 1 amide bonds. The van der Waals surface area contributed by atoms with Crippen LogP contribution < -0.4 is 10.9 Å². The van der Waals surface area contributed by atoms with Gasteiger partial charge >= 0.3 is 5.97 Å². The van der Waals surface area contributed by atoms with Gasteiger partial charge < -0.3 is 15.0 Å². The smallest absolute Gasteiger partial charge is 0.344 e. The maximum Gasteiger partial charge on any atom is 0.344 e. The van der Waals surface area contributed by atoms with Crippen molar-refractivity contribution in [3.8, 4) is 0 Å². The zero-order chi connectivity index (χ0) is 16.1. The van der Waals surface area contributed by atoms with E-state index in [1.54, 1.807) is 24.3 Å². The van der Waals surface area contributed by atoms with Gasteiger partial charge in [0.25, 0.3) is 11.5 Å². The van der Waals surface area contributed by atoms with Crippen molar-refractivity contribution in [3.63, 3.8) is 0 Å². The summed E-state index contributed by atoms with van der Waals surface area (Å²) in [6, 6.07) is 9.31. The molecule has 0 saturated heterocycles. The van der Waals surface area contributed by atoms with Crippen molar-refractivity contribution in [2.24, 2.45) is 0 Å². The number of rotatable bonds is 4. The molecule has 114 valence electrons. The van der Waals surface area contributed by atoms with Gasteiger partial charge in [-0.05, 0) is 43.3 Å². The third-order valence-corrected chi connectivity index (χ3v) is 3.05. The van der Waals surface area contributed by atoms with E-state index in [1.165, 1.54) is 25.3 Å². The molecule has 0 bridgehead atoms. The molecular weight excluding hydrogens is 308 g/mol. The first kappa shape index (κ1) is 15.8. The molecule has 0 aliphatic carbocycles. The maximum atomic E-state index is 11.9. The van der Waals surface area contributed by atoms with E-state index < -0.39 is 23.5 Å². The van der Waals surface area contributed by atoms with E-state index in [4.69, 9.17) is 16.3 Å². The SMILES string of the molecule is C[C@H](OC(=O)c1ccc[nH]c1=O)C(=O)Nc1ccc(Cl)cc1. The zero-order valence-electron chi connectivity index (χ0n) is 11.6. The van der Waals surface area contributed by atoms with Crippen molar-refractivity contribution in [1.29, 1.82) is 0 Å². The van der Waals surface area contributed by atoms with E-state index in [-0.39, 0.29) is 5.56 Å². The standard InChI is InChI=1S/C15H13ClN2O4/c1-9(13(19)18-11-6-4-10(16)5-7-11)22-15(21)12-3-2-8-17-14(12)20/h2-9H,1H3,(H,17,20)(H,18,19)/t9-/m0/s1. The second-order valence-corrected chi connectivity index (χ2v) is 4.89. The molecule has 1 atom stereocenters. The van der Waals surface area contributed by atoms with Gasteiger partial charge in [-0.2, -0.15) is 0 Å². The minimum atomic E-state index is -1.05. The van der Waals surface area contributed by atoms with Gasteiger partial charge in [-0.25, -0.2) is 4.79 Å². The second kappa shape index (κ2) is 6.91. The van der Waals surface area contributed by atoms with Gasteiger partial charge in [0.2, 0.25) is 0 Å². The molecule has 0 unspecified atom stereocenters. The Bertz CT molecular complexity index is 740. The van der Waals surface area contributed by atoms with Crippen LogP contribution in [0.15, 0.2) is 47.4 Å². The molecule has 0 fully saturated rings. The molecule has 2 rings (SSSR count). The van der Waals surface area contributed by atoms with Crippen LogP contribution in [-0.2, 0) is 9.53 Å². The molecule has 7 heteroatoms. The number of nitrogens with one attached hydrogen (secondary N) is 2. The lowest BCUT2D eigenvalue weighted by Gasteiger charge is -2.13. The average Bonchev–Trinajstić information content (AvgIpc) is 2.49. The number of amides is 1. The molecule has 2 aromatic rings. The van der Waals surface area contributed by atoms with Crippen LogP contribution in [0, 0.1) is 0 Å². The Morgan fingerprint density at radius 2 is 1.91 bits per heavy atom. The summed E-state index contributed by atoms with van der Waals surface area (Å²) >= 11 is 5.75. The number of halogens is 1. The monoisotopic (exact) mass is 320 g/mol. The number of anilines is 1. The molecule has 0 aliphatic rings. The van der Waals surface area contributed by atoms with E-state index in [0.29, 0.717) is 10.7 Å². The fourth-order valence-electron chi connectivity index (χ4n) is 1.64. The Morgan fingerprint density at radius 3 is 2.55 bits per heavy atom. The summed E-state index contributed by atoms with van der Waals surface area (Å²) in [5.41, 5.74) is -0.207. The molecule has 1 aromatic carbocycles. The van der Waals surface area contributed by atoms with Crippen LogP contribution >= 0.6 is 11.6 Å². The maximum absolute atomic E-state index is 11.9. The van der Waals surface area contributed by atoms with Crippen LogP contribution in [0.1, 0.15) is 17.3 Å². The largest absolute Gasteiger partial charge is 0.449 e. The summed E-state index contributed by atoms with van der Waals surface area (Å²) in [6.07, 6.45) is 0.346. The molecule has 0 spiro atoms. The van der Waals surface area contributed by atoms with Crippen molar-refractivity contribution in [1.82, 2.24) is 4.98 Å². The lowest BCUT2D eigenvalue weighted by molar-refractivity contribution is -0.123. The molecule has 0 aliphatic heterocycles. The van der Waals surface area contributed by atoms with Crippen LogP contribution in [0.4, 0.5) is 5.69 Å². The van der Waals surface area contributed by atoms with E-state index >= 15 is 0 Å². The number of H-pyrrole nitrogens is 1. The van der Waals surface area contributed by atoms with Crippen LogP contribution in [0.5, 0.6) is 0 Å². The first-order valence-electron chi connectivity index (χ1n) is 6.42. The summed E-state index contributed by atoms with van der Waals surface area (Å²) in [5, 5.41) is 3.12. The fourth-order valence-corrected chi connectivity index (χ4v) is 1.76. The summed E-state index contributed by atoms with van der Waals surface area (Å²) in [5.74, 6) is -1.37. The van der Waals surface area contributed by atoms with Crippen LogP contribution in [0.2, 0.25) is 5.02 Å². The van der Waals surface area contributed by atoms with Gasteiger partial charge in [-0.1, -0.05) is 11.6 Å². The van der Waals surface area contributed by atoms with Crippen LogP contribution in [0.3, 0.4) is 0 Å². The number of pyridine rings is 1. The number of ether oxygens (including phenoxy) is 1. The number of carbonyl (C=O) groups is 2. The number of hydrogen-bond donors (Lipinski definition) is 2. The van der Waals surface area contributed by atoms with Gasteiger partial charge in [-0.15, -0.1) is 0 Å². The number of aromatic nitrogens is 1. The minimum Gasteiger partial charge on any atom is -0.449 e. The second-order valence-electron chi connectivity index (χ2n) is 4.46. The third-order valence-electron chi connectivity index (χ3n) is 2.80. The minimum absolute atomic E-state index is 0.159. The summed E-state index contributed by atoms with van der Waals surface area (Å²) < 4.78 is 4.98. The van der Waals surface area contributed by atoms with Gasteiger partial charge in [0.15, 0.2) is 6.10 Å². The average molecular weight is 321 g/mol. The van der Waals surface area contributed by atoms with Crippen molar-refractivity contribution in [2.75, 3.05) is 5.32 Å². The van der Waals surface area contributed by atoms with Gasteiger partial charge in [-0.3, -0.25) is 9.59 Å². The molecule has 6 nitrogen and oxygen atoms in total. The predicted molar refractivity (Wildman–Crippen MR) is 82.0 cm³/mol. The quantitative estimate of drug-likeness (QED) is 0.845. The number of benzene rings is 1. The molecule has 0 radical (unpaired) electrons. The van der Waals surface area contributed by atoms with Gasteiger partial charge in [0.05, 0.1) is 0 Å². The normalized spacial score (nSPS) is 11.5. The van der Waals surface area contributed by atoms with E-state index in [2.05, 4.69) is 10.3 Å².